The molecular weight excluding hydrogens is 134 g/mol. The van der Waals surface area contributed by atoms with Crippen molar-refractivity contribution in [1.29, 1.82) is 0 Å². The van der Waals surface area contributed by atoms with E-state index in [2.05, 4.69) is 29.6 Å². The average molecular weight is 145 g/mol. The van der Waals surface area contributed by atoms with Crippen LogP contribution in [-0.4, -0.2) is 13.1 Å². The highest BCUT2D eigenvalue weighted by Crippen LogP contribution is 2.35. The zero-order valence-electron chi connectivity index (χ0n) is 6.38. The van der Waals surface area contributed by atoms with Gasteiger partial charge in [-0.15, -0.1) is 0 Å². The van der Waals surface area contributed by atoms with Gasteiger partial charge in [0, 0.05) is 13.1 Å². The van der Waals surface area contributed by atoms with E-state index < -0.39 is 0 Å². The van der Waals surface area contributed by atoms with Gasteiger partial charge in [0.25, 0.3) is 0 Å². The van der Waals surface area contributed by atoms with Gasteiger partial charge in [-0.1, -0.05) is 24.3 Å². The van der Waals surface area contributed by atoms with Crippen molar-refractivity contribution < 1.29 is 0 Å². The van der Waals surface area contributed by atoms with Crippen LogP contribution in [-0.2, 0) is 0 Å². The Hall–Kier alpha value is -0.820. The fraction of sp³-hybridized carbons (Fsp3) is 0.400. The second-order valence-electron chi connectivity index (χ2n) is 3.56. The molecule has 0 spiro atoms. The fourth-order valence-electron chi connectivity index (χ4n) is 2.13. The van der Waals surface area contributed by atoms with Gasteiger partial charge in [-0.05, 0) is 23.0 Å². The summed E-state index contributed by atoms with van der Waals surface area (Å²) in [4.78, 5) is 0. The van der Waals surface area contributed by atoms with Crippen LogP contribution in [0.1, 0.15) is 0 Å². The second-order valence-corrected chi connectivity index (χ2v) is 3.56. The molecule has 0 bridgehead atoms. The second kappa shape index (κ2) is 1.86. The van der Waals surface area contributed by atoms with Crippen LogP contribution in [0.25, 0.3) is 0 Å². The lowest BCUT2D eigenvalue weighted by Gasteiger charge is -2.24. The molecule has 1 nitrogen and oxygen atoms in total. The Morgan fingerprint density at radius 2 is 1.55 bits per heavy atom. The first-order valence-corrected chi connectivity index (χ1v) is 4.26. The molecule has 3 aliphatic rings. The molecule has 56 valence electrons. The van der Waals surface area contributed by atoms with E-state index in [0.29, 0.717) is 0 Å². The van der Waals surface area contributed by atoms with E-state index in [-0.39, 0.29) is 0 Å². The Morgan fingerprint density at radius 1 is 1.00 bits per heavy atom. The molecule has 1 aliphatic heterocycles. The maximum atomic E-state index is 3.42. The fourth-order valence-corrected chi connectivity index (χ4v) is 2.13. The summed E-state index contributed by atoms with van der Waals surface area (Å²) in [6.45, 7) is 2.34. The molecule has 0 saturated carbocycles. The highest BCUT2D eigenvalue weighted by Gasteiger charge is 2.29. The summed E-state index contributed by atoms with van der Waals surface area (Å²) >= 11 is 0. The molecule has 1 heteroatoms. The van der Waals surface area contributed by atoms with Gasteiger partial charge in [0.1, 0.15) is 0 Å². The Bertz CT molecular complexity index is 255. The van der Waals surface area contributed by atoms with Crippen LogP contribution < -0.4 is 5.32 Å². The van der Waals surface area contributed by atoms with Crippen molar-refractivity contribution in [3.05, 3.63) is 35.5 Å². The molecule has 0 aromatic heterocycles. The number of hydrogen-bond acceptors (Lipinski definition) is 1. The zero-order valence-corrected chi connectivity index (χ0v) is 6.38. The van der Waals surface area contributed by atoms with Crippen LogP contribution >= 0.6 is 0 Å². The van der Waals surface area contributed by atoms with Crippen molar-refractivity contribution >= 4 is 0 Å². The Balaban J connectivity index is 2.04. The molecule has 11 heavy (non-hydrogen) atoms. The third-order valence-electron chi connectivity index (χ3n) is 2.87. The summed E-state index contributed by atoms with van der Waals surface area (Å²) in [7, 11) is 0. The summed E-state index contributed by atoms with van der Waals surface area (Å²) in [5, 5.41) is 3.42. The van der Waals surface area contributed by atoms with Crippen molar-refractivity contribution in [1.82, 2.24) is 5.32 Å². The van der Waals surface area contributed by atoms with Crippen LogP contribution in [0.15, 0.2) is 35.5 Å². The summed E-state index contributed by atoms with van der Waals surface area (Å²) in [6, 6.07) is 0. The topological polar surface area (TPSA) is 12.0 Å². The minimum absolute atomic E-state index is 0.777. The number of nitrogens with one attached hydrogen (secondary N) is 1. The third-order valence-corrected chi connectivity index (χ3v) is 2.87. The van der Waals surface area contributed by atoms with E-state index in [1.807, 2.05) is 0 Å². The molecular formula is C10H11N. The van der Waals surface area contributed by atoms with Gasteiger partial charge in [-0.25, -0.2) is 0 Å². The van der Waals surface area contributed by atoms with Gasteiger partial charge in [-0.2, -0.15) is 0 Å². The SMILES string of the molecule is C1=CC2=CC3CNCC3C=C12. The molecule has 0 aromatic carbocycles. The van der Waals surface area contributed by atoms with Gasteiger partial charge in [-0.3, -0.25) is 0 Å². The van der Waals surface area contributed by atoms with Crippen LogP contribution in [0.2, 0.25) is 0 Å². The van der Waals surface area contributed by atoms with E-state index in [1.165, 1.54) is 24.2 Å². The van der Waals surface area contributed by atoms with Gasteiger partial charge in [0.2, 0.25) is 0 Å². The van der Waals surface area contributed by atoms with Crippen molar-refractivity contribution in [2.45, 2.75) is 0 Å². The van der Waals surface area contributed by atoms with E-state index in [4.69, 9.17) is 0 Å². The van der Waals surface area contributed by atoms with Gasteiger partial charge in [0.15, 0.2) is 0 Å². The monoisotopic (exact) mass is 145 g/mol. The molecule has 3 rings (SSSR count). The summed E-state index contributed by atoms with van der Waals surface area (Å²) in [5.74, 6) is 1.55. The first-order chi connectivity index (χ1) is 5.43. The predicted molar refractivity (Wildman–Crippen MR) is 45.2 cm³/mol. The number of fused-ring (bicyclic) bond motifs is 2. The number of hydrogen-bond donors (Lipinski definition) is 1. The summed E-state index contributed by atoms with van der Waals surface area (Å²) in [6.07, 6.45) is 9.25. The van der Waals surface area contributed by atoms with E-state index >= 15 is 0 Å². The Labute approximate surface area is 66.5 Å². The maximum Gasteiger partial charge on any atom is 0.00209 e. The molecule has 1 saturated heterocycles. The molecule has 1 fully saturated rings. The highest BCUT2D eigenvalue weighted by atomic mass is 14.9. The standard InChI is InChI=1S/C10H11N/c1-2-8-4-10-6-11-5-9(10)3-7(1)8/h1-4,9-11H,5-6H2. The molecule has 1 N–H and O–H groups in total. The Morgan fingerprint density at radius 3 is 2.00 bits per heavy atom. The minimum atomic E-state index is 0.777. The molecule has 0 aromatic rings. The maximum absolute atomic E-state index is 3.42. The van der Waals surface area contributed by atoms with Crippen LogP contribution in [0.3, 0.4) is 0 Å². The lowest BCUT2D eigenvalue weighted by atomic mass is 9.80. The molecule has 0 amide bonds. The molecule has 2 atom stereocenters. The normalized spacial score (nSPS) is 38.5. The summed E-state index contributed by atoms with van der Waals surface area (Å²) < 4.78 is 0. The van der Waals surface area contributed by atoms with Crippen LogP contribution in [0.4, 0.5) is 0 Å². The zero-order chi connectivity index (χ0) is 7.26. The lowest BCUT2D eigenvalue weighted by Crippen LogP contribution is -2.15. The third kappa shape index (κ3) is 0.690. The molecule has 2 unspecified atom stereocenters. The minimum Gasteiger partial charge on any atom is -0.316 e. The molecule has 2 aliphatic carbocycles. The number of allylic oxidation sites excluding steroid dienone is 4. The van der Waals surface area contributed by atoms with Crippen molar-refractivity contribution in [2.75, 3.05) is 13.1 Å². The van der Waals surface area contributed by atoms with E-state index in [0.717, 1.165) is 11.8 Å². The van der Waals surface area contributed by atoms with Crippen LogP contribution in [0.5, 0.6) is 0 Å². The smallest absolute Gasteiger partial charge is 0.00209 e. The van der Waals surface area contributed by atoms with E-state index in [1.54, 1.807) is 0 Å². The van der Waals surface area contributed by atoms with Crippen molar-refractivity contribution in [3.8, 4) is 0 Å². The average Bonchev–Trinajstić information content (AvgIpc) is 2.40. The van der Waals surface area contributed by atoms with E-state index in [9.17, 15) is 0 Å². The predicted octanol–water partition coefficient (Wildman–Crippen LogP) is 1.26. The molecule has 1 heterocycles. The van der Waals surface area contributed by atoms with Gasteiger partial charge in [0.05, 0.1) is 0 Å². The summed E-state index contributed by atoms with van der Waals surface area (Å²) in [5.41, 5.74) is 2.94. The lowest BCUT2D eigenvalue weighted by molar-refractivity contribution is 0.586. The van der Waals surface area contributed by atoms with Gasteiger partial charge < -0.3 is 5.32 Å². The Kier molecular flexibility index (Phi) is 0.977. The number of rotatable bonds is 0. The highest BCUT2D eigenvalue weighted by molar-refractivity contribution is 5.59. The quantitative estimate of drug-likeness (QED) is 0.541. The largest absolute Gasteiger partial charge is 0.316 e. The van der Waals surface area contributed by atoms with Crippen molar-refractivity contribution in [2.24, 2.45) is 11.8 Å². The first-order valence-electron chi connectivity index (χ1n) is 4.26. The first kappa shape index (κ1) is 5.78. The van der Waals surface area contributed by atoms with Gasteiger partial charge >= 0.3 is 0 Å². The molecule has 0 radical (unpaired) electrons. The van der Waals surface area contributed by atoms with Crippen LogP contribution in [0, 0.1) is 11.8 Å². The van der Waals surface area contributed by atoms with Crippen molar-refractivity contribution in [3.63, 3.8) is 0 Å².